The van der Waals surface area contributed by atoms with Crippen molar-refractivity contribution in [3.05, 3.63) is 34.3 Å². The molecule has 0 saturated heterocycles. The smallest absolute Gasteiger partial charge is 0.161 e. The molecule has 0 heterocycles. The minimum atomic E-state index is 0.751. The van der Waals surface area contributed by atoms with Gasteiger partial charge < -0.3 is 14.8 Å². The molecular formula is C16H22BrNO2. The van der Waals surface area contributed by atoms with Crippen LogP contribution in [0.15, 0.2) is 28.8 Å². The Morgan fingerprint density at radius 2 is 1.95 bits per heavy atom. The number of hydrogen-bond acceptors (Lipinski definition) is 3. The third kappa shape index (κ3) is 4.00. The lowest BCUT2D eigenvalue weighted by molar-refractivity contribution is 0.354. The van der Waals surface area contributed by atoms with E-state index in [-0.39, 0.29) is 0 Å². The van der Waals surface area contributed by atoms with E-state index in [2.05, 4.69) is 33.4 Å². The van der Waals surface area contributed by atoms with Gasteiger partial charge in [0.15, 0.2) is 11.5 Å². The standard InChI is InChI=1S/C16H22BrNO2/c1-19-15-8-13(14(17)9-16(15)20-2)11-18-10-12-6-4-3-5-7-12/h3-4,8-9,12,18H,5-7,10-11H2,1-2H3. The van der Waals surface area contributed by atoms with Gasteiger partial charge in [-0.3, -0.25) is 0 Å². The van der Waals surface area contributed by atoms with Crippen LogP contribution >= 0.6 is 15.9 Å². The largest absolute Gasteiger partial charge is 0.493 e. The first-order chi connectivity index (χ1) is 9.74. The highest BCUT2D eigenvalue weighted by atomic mass is 79.9. The molecule has 1 N–H and O–H groups in total. The number of benzene rings is 1. The highest BCUT2D eigenvalue weighted by molar-refractivity contribution is 9.10. The van der Waals surface area contributed by atoms with Crippen LogP contribution in [0.25, 0.3) is 0 Å². The van der Waals surface area contributed by atoms with Crippen LogP contribution in [-0.2, 0) is 6.54 Å². The van der Waals surface area contributed by atoms with Crippen molar-refractivity contribution < 1.29 is 9.47 Å². The minimum Gasteiger partial charge on any atom is -0.493 e. The molecular weight excluding hydrogens is 318 g/mol. The molecule has 0 radical (unpaired) electrons. The van der Waals surface area contributed by atoms with Crippen LogP contribution < -0.4 is 14.8 Å². The van der Waals surface area contributed by atoms with E-state index in [0.717, 1.165) is 35.0 Å². The van der Waals surface area contributed by atoms with E-state index in [1.165, 1.54) is 24.8 Å². The summed E-state index contributed by atoms with van der Waals surface area (Å²) in [5.41, 5.74) is 1.19. The van der Waals surface area contributed by atoms with E-state index < -0.39 is 0 Å². The van der Waals surface area contributed by atoms with Crippen LogP contribution in [0.4, 0.5) is 0 Å². The van der Waals surface area contributed by atoms with Gasteiger partial charge >= 0.3 is 0 Å². The summed E-state index contributed by atoms with van der Waals surface area (Å²) in [7, 11) is 3.32. The summed E-state index contributed by atoms with van der Waals surface area (Å²) in [5.74, 6) is 2.28. The van der Waals surface area contributed by atoms with Gasteiger partial charge in [0, 0.05) is 11.0 Å². The average Bonchev–Trinajstić information content (AvgIpc) is 2.49. The molecule has 1 aromatic rings. The van der Waals surface area contributed by atoms with Gasteiger partial charge in [0.05, 0.1) is 14.2 Å². The van der Waals surface area contributed by atoms with Crippen LogP contribution in [0.5, 0.6) is 11.5 Å². The summed E-state index contributed by atoms with van der Waals surface area (Å²) in [6, 6.07) is 3.98. The summed E-state index contributed by atoms with van der Waals surface area (Å²) >= 11 is 3.59. The molecule has 0 amide bonds. The quantitative estimate of drug-likeness (QED) is 0.797. The average molecular weight is 340 g/mol. The predicted octanol–water partition coefficient (Wildman–Crippen LogP) is 3.91. The van der Waals surface area contributed by atoms with E-state index in [0.29, 0.717) is 0 Å². The number of rotatable bonds is 6. The van der Waals surface area contributed by atoms with Crippen molar-refractivity contribution in [2.24, 2.45) is 5.92 Å². The third-order valence-electron chi connectivity index (χ3n) is 3.68. The van der Waals surface area contributed by atoms with Gasteiger partial charge in [0.2, 0.25) is 0 Å². The highest BCUT2D eigenvalue weighted by Crippen LogP contribution is 2.33. The monoisotopic (exact) mass is 339 g/mol. The van der Waals surface area contributed by atoms with Gasteiger partial charge in [-0.2, -0.15) is 0 Å². The Balaban J connectivity index is 1.93. The second-order valence-electron chi connectivity index (χ2n) is 5.08. The molecule has 1 aromatic carbocycles. The zero-order valence-electron chi connectivity index (χ0n) is 12.1. The minimum absolute atomic E-state index is 0.751. The molecule has 0 aliphatic heterocycles. The second-order valence-corrected chi connectivity index (χ2v) is 5.93. The van der Waals surface area contributed by atoms with Gasteiger partial charge in [-0.15, -0.1) is 0 Å². The predicted molar refractivity (Wildman–Crippen MR) is 85.4 cm³/mol. The summed E-state index contributed by atoms with van der Waals surface area (Å²) in [6.45, 7) is 1.90. The van der Waals surface area contributed by atoms with Gasteiger partial charge in [0.25, 0.3) is 0 Å². The maximum Gasteiger partial charge on any atom is 0.161 e. The number of halogens is 1. The zero-order chi connectivity index (χ0) is 14.4. The first-order valence-corrected chi connectivity index (χ1v) is 7.80. The molecule has 0 fully saturated rings. The lowest BCUT2D eigenvalue weighted by Crippen LogP contribution is -2.23. The summed E-state index contributed by atoms with van der Waals surface area (Å²) in [4.78, 5) is 0. The fourth-order valence-corrected chi connectivity index (χ4v) is 2.95. The van der Waals surface area contributed by atoms with E-state index in [1.54, 1.807) is 14.2 Å². The fraction of sp³-hybridized carbons (Fsp3) is 0.500. The lowest BCUT2D eigenvalue weighted by atomic mass is 9.94. The van der Waals surface area contributed by atoms with E-state index in [1.807, 2.05) is 12.1 Å². The van der Waals surface area contributed by atoms with Crippen molar-refractivity contribution in [2.75, 3.05) is 20.8 Å². The molecule has 2 rings (SSSR count). The number of methoxy groups -OCH3 is 2. The maximum atomic E-state index is 5.35. The SMILES string of the molecule is COc1cc(Br)c(CNCC2CC=CCC2)cc1OC. The molecule has 0 spiro atoms. The maximum absolute atomic E-state index is 5.35. The van der Waals surface area contributed by atoms with E-state index >= 15 is 0 Å². The molecule has 0 aromatic heterocycles. The Labute approximate surface area is 129 Å². The Morgan fingerprint density at radius 3 is 2.60 bits per heavy atom. The molecule has 0 bridgehead atoms. The molecule has 1 atom stereocenters. The molecule has 110 valence electrons. The second kappa shape index (κ2) is 7.70. The first kappa shape index (κ1) is 15.4. The van der Waals surface area contributed by atoms with Crippen LogP contribution in [0.3, 0.4) is 0 Å². The van der Waals surface area contributed by atoms with Crippen molar-refractivity contribution in [1.82, 2.24) is 5.32 Å². The molecule has 1 aliphatic rings. The van der Waals surface area contributed by atoms with Crippen molar-refractivity contribution in [1.29, 1.82) is 0 Å². The molecule has 0 saturated carbocycles. The zero-order valence-corrected chi connectivity index (χ0v) is 13.7. The Morgan fingerprint density at radius 1 is 1.20 bits per heavy atom. The normalized spacial score (nSPS) is 18.1. The lowest BCUT2D eigenvalue weighted by Gasteiger charge is -2.19. The summed E-state index contributed by atoms with van der Waals surface area (Å²) in [6.07, 6.45) is 8.27. The molecule has 1 aliphatic carbocycles. The number of nitrogens with one attached hydrogen (secondary N) is 1. The number of allylic oxidation sites excluding steroid dienone is 2. The van der Waals surface area contributed by atoms with Gasteiger partial charge in [-0.1, -0.05) is 28.1 Å². The number of ether oxygens (including phenoxy) is 2. The van der Waals surface area contributed by atoms with Crippen LogP contribution in [0.2, 0.25) is 0 Å². The van der Waals surface area contributed by atoms with E-state index in [9.17, 15) is 0 Å². The summed E-state index contributed by atoms with van der Waals surface area (Å²) < 4.78 is 11.7. The fourth-order valence-electron chi connectivity index (χ4n) is 2.48. The van der Waals surface area contributed by atoms with E-state index in [4.69, 9.17) is 9.47 Å². The van der Waals surface area contributed by atoms with Crippen molar-refractivity contribution in [3.63, 3.8) is 0 Å². The first-order valence-electron chi connectivity index (χ1n) is 7.00. The molecule has 3 nitrogen and oxygen atoms in total. The van der Waals surface area contributed by atoms with Crippen molar-refractivity contribution >= 4 is 15.9 Å². The van der Waals surface area contributed by atoms with Crippen LogP contribution in [0, 0.1) is 5.92 Å². The van der Waals surface area contributed by atoms with Gasteiger partial charge in [-0.05, 0) is 49.4 Å². The van der Waals surface area contributed by atoms with Crippen LogP contribution in [0.1, 0.15) is 24.8 Å². The highest BCUT2D eigenvalue weighted by Gasteiger charge is 2.12. The van der Waals surface area contributed by atoms with Gasteiger partial charge in [-0.25, -0.2) is 0 Å². The summed E-state index contributed by atoms with van der Waals surface area (Å²) in [5, 5.41) is 3.54. The van der Waals surface area contributed by atoms with Crippen LogP contribution in [-0.4, -0.2) is 20.8 Å². The van der Waals surface area contributed by atoms with Crippen molar-refractivity contribution in [3.8, 4) is 11.5 Å². The third-order valence-corrected chi connectivity index (χ3v) is 4.42. The van der Waals surface area contributed by atoms with Crippen molar-refractivity contribution in [2.45, 2.75) is 25.8 Å². The van der Waals surface area contributed by atoms with Gasteiger partial charge in [0.1, 0.15) is 0 Å². The Kier molecular flexibility index (Phi) is 5.92. The Hall–Kier alpha value is -1.00. The molecule has 20 heavy (non-hydrogen) atoms. The Bertz CT molecular complexity index is 474. The molecule has 4 heteroatoms. The topological polar surface area (TPSA) is 30.5 Å². The molecule has 1 unspecified atom stereocenters. The number of hydrogen-bond donors (Lipinski definition) is 1.